The topological polar surface area (TPSA) is 63.7 Å². The van der Waals surface area contributed by atoms with Gasteiger partial charge in [-0.2, -0.15) is 0 Å². The van der Waals surface area contributed by atoms with Crippen LogP contribution in [0.2, 0.25) is 0 Å². The Labute approximate surface area is 135 Å². The molecular formula is C16H20FNO4S. The summed E-state index contributed by atoms with van der Waals surface area (Å²) in [5.41, 5.74) is 0.212. The van der Waals surface area contributed by atoms with Gasteiger partial charge in [-0.15, -0.1) is 0 Å². The number of carbonyl (C=O) groups is 1. The van der Waals surface area contributed by atoms with Crippen LogP contribution in [0, 0.1) is 11.2 Å². The van der Waals surface area contributed by atoms with Gasteiger partial charge in [0.1, 0.15) is 16.5 Å². The molecule has 0 N–H and O–H groups in total. The number of benzene rings is 1. The third-order valence-electron chi connectivity index (χ3n) is 4.82. The van der Waals surface area contributed by atoms with Crippen LogP contribution >= 0.6 is 0 Å². The van der Waals surface area contributed by atoms with E-state index in [2.05, 4.69) is 0 Å². The second kappa shape index (κ2) is 5.78. The molecule has 1 aliphatic heterocycles. The summed E-state index contributed by atoms with van der Waals surface area (Å²) in [7, 11) is -3.54. The largest absolute Gasteiger partial charge is 0.489 e. The molecule has 2 aliphatic rings. The second-order valence-corrected chi connectivity index (χ2v) is 8.67. The van der Waals surface area contributed by atoms with Gasteiger partial charge in [0.05, 0.1) is 6.10 Å². The lowest BCUT2D eigenvalue weighted by molar-refractivity contribution is -0.132. The molecule has 2 fully saturated rings. The molecule has 0 radical (unpaired) electrons. The lowest BCUT2D eigenvalue weighted by atomic mass is 9.68. The summed E-state index contributed by atoms with van der Waals surface area (Å²) in [6.45, 7) is 1.60. The van der Waals surface area contributed by atoms with Crippen molar-refractivity contribution in [3.63, 3.8) is 0 Å². The molecule has 1 aliphatic carbocycles. The minimum absolute atomic E-state index is 0.0723. The molecular weight excluding hydrogens is 321 g/mol. The Balaban J connectivity index is 1.67. The lowest BCUT2D eigenvalue weighted by Crippen LogP contribution is -2.57. The zero-order chi connectivity index (χ0) is 16.7. The number of halogens is 1. The second-order valence-electron chi connectivity index (χ2n) is 6.69. The zero-order valence-corrected chi connectivity index (χ0v) is 13.8. The number of likely N-dealkylation sites (tertiary alicyclic amines) is 1. The number of nitrogens with zero attached hydrogens (tertiary/aromatic N) is 1. The predicted octanol–water partition coefficient (Wildman–Crippen LogP) is 2.01. The van der Waals surface area contributed by atoms with E-state index in [4.69, 9.17) is 4.74 Å². The van der Waals surface area contributed by atoms with Gasteiger partial charge in [0, 0.05) is 24.8 Å². The molecule has 7 heteroatoms. The summed E-state index contributed by atoms with van der Waals surface area (Å²) < 4.78 is 42.8. The minimum Gasteiger partial charge on any atom is -0.489 e. The molecule has 0 unspecified atom stereocenters. The molecule has 1 heterocycles. The highest BCUT2D eigenvalue weighted by Gasteiger charge is 2.45. The van der Waals surface area contributed by atoms with E-state index < -0.39 is 15.7 Å². The molecule has 1 aromatic rings. The van der Waals surface area contributed by atoms with Gasteiger partial charge in [-0.3, -0.25) is 4.79 Å². The number of rotatable bonds is 4. The molecule has 5 nitrogen and oxygen atoms in total. The molecule has 0 atom stereocenters. The van der Waals surface area contributed by atoms with Crippen molar-refractivity contribution in [3.05, 3.63) is 24.0 Å². The Morgan fingerprint density at radius 2 is 1.96 bits per heavy atom. The number of amides is 1. The number of sulfone groups is 1. The van der Waals surface area contributed by atoms with E-state index in [1.54, 1.807) is 4.90 Å². The minimum atomic E-state index is -3.54. The molecule has 3 rings (SSSR count). The summed E-state index contributed by atoms with van der Waals surface area (Å²) in [5, 5.41) is 0. The SMILES string of the molecule is CS(=O)(=O)c1cc(F)ccc1OC1CCC2(CC1)CN(C=O)C2. The van der Waals surface area contributed by atoms with Crippen LogP contribution in [0.5, 0.6) is 5.75 Å². The third kappa shape index (κ3) is 3.34. The maximum absolute atomic E-state index is 13.3. The summed E-state index contributed by atoms with van der Waals surface area (Å²) in [4.78, 5) is 12.4. The van der Waals surface area contributed by atoms with E-state index in [0.717, 1.165) is 57.5 Å². The van der Waals surface area contributed by atoms with E-state index in [-0.39, 0.29) is 22.2 Å². The lowest BCUT2D eigenvalue weighted by Gasteiger charge is -2.52. The number of carbonyl (C=O) groups excluding carboxylic acids is 1. The van der Waals surface area contributed by atoms with Crippen molar-refractivity contribution < 1.29 is 22.3 Å². The van der Waals surface area contributed by atoms with Crippen LogP contribution < -0.4 is 4.74 Å². The van der Waals surface area contributed by atoms with Crippen LogP contribution in [-0.2, 0) is 14.6 Å². The van der Waals surface area contributed by atoms with Crippen LogP contribution in [-0.4, -0.2) is 45.2 Å². The number of hydrogen-bond acceptors (Lipinski definition) is 4. The van der Waals surface area contributed by atoms with Gasteiger partial charge in [-0.1, -0.05) is 0 Å². The maximum Gasteiger partial charge on any atom is 0.209 e. The summed E-state index contributed by atoms with van der Waals surface area (Å²) in [5.74, 6) is -0.373. The number of ether oxygens (including phenoxy) is 1. The van der Waals surface area contributed by atoms with Crippen molar-refractivity contribution in [3.8, 4) is 5.75 Å². The average molecular weight is 341 g/mol. The van der Waals surface area contributed by atoms with Gasteiger partial charge in [0.15, 0.2) is 9.84 Å². The Bertz CT molecular complexity index is 703. The van der Waals surface area contributed by atoms with Crippen LogP contribution in [0.25, 0.3) is 0 Å². The molecule has 1 saturated carbocycles. The molecule has 0 aromatic heterocycles. The van der Waals surface area contributed by atoms with Crippen molar-refractivity contribution in [2.24, 2.45) is 5.41 Å². The monoisotopic (exact) mass is 341 g/mol. The fourth-order valence-corrected chi connectivity index (χ4v) is 4.38. The Kier molecular flexibility index (Phi) is 4.08. The van der Waals surface area contributed by atoms with Gasteiger partial charge in [-0.25, -0.2) is 12.8 Å². The molecule has 1 aromatic carbocycles. The van der Waals surface area contributed by atoms with E-state index in [1.807, 2.05) is 0 Å². The maximum atomic E-state index is 13.3. The van der Waals surface area contributed by atoms with Gasteiger partial charge >= 0.3 is 0 Å². The molecule has 126 valence electrons. The third-order valence-corrected chi connectivity index (χ3v) is 5.94. The number of hydrogen-bond donors (Lipinski definition) is 0. The first-order valence-electron chi connectivity index (χ1n) is 7.67. The first-order chi connectivity index (χ1) is 10.8. The highest BCUT2D eigenvalue weighted by atomic mass is 32.2. The molecule has 1 spiro atoms. The first-order valence-corrected chi connectivity index (χ1v) is 9.56. The summed E-state index contributed by atoms with van der Waals surface area (Å²) >= 11 is 0. The van der Waals surface area contributed by atoms with E-state index >= 15 is 0 Å². The van der Waals surface area contributed by atoms with Crippen molar-refractivity contribution >= 4 is 16.2 Å². The van der Waals surface area contributed by atoms with Crippen LogP contribution in [0.3, 0.4) is 0 Å². The van der Waals surface area contributed by atoms with Crippen molar-refractivity contribution in [1.82, 2.24) is 4.90 Å². The standard InChI is InChI=1S/C16H20FNO4S/c1-23(20,21)15-8-12(17)2-3-14(15)22-13-4-6-16(7-5-13)9-18(10-16)11-19/h2-3,8,11,13H,4-7,9-10H2,1H3. The highest BCUT2D eigenvalue weighted by molar-refractivity contribution is 7.90. The molecule has 23 heavy (non-hydrogen) atoms. The van der Waals surface area contributed by atoms with Crippen LogP contribution in [0.15, 0.2) is 23.1 Å². The highest BCUT2D eigenvalue weighted by Crippen LogP contribution is 2.44. The average Bonchev–Trinajstić information content (AvgIpc) is 2.46. The van der Waals surface area contributed by atoms with Gasteiger partial charge in [0.25, 0.3) is 0 Å². The van der Waals surface area contributed by atoms with E-state index in [0.29, 0.717) is 0 Å². The van der Waals surface area contributed by atoms with Crippen molar-refractivity contribution in [1.29, 1.82) is 0 Å². The van der Waals surface area contributed by atoms with Gasteiger partial charge < -0.3 is 9.64 Å². The van der Waals surface area contributed by atoms with Gasteiger partial charge in [-0.05, 0) is 43.9 Å². The predicted molar refractivity (Wildman–Crippen MR) is 82.5 cm³/mol. The van der Waals surface area contributed by atoms with Crippen LogP contribution in [0.1, 0.15) is 25.7 Å². The van der Waals surface area contributed by atoms with E-state index in [9.17, 15) is 17.6 Å². The van der Waals surface area contributed by atoms with Crippen molar-refractivity contribution in [2.75, 3.05) is 19.3 Å². The Morgan fingerprint density at radius 1 is 1.30 bits per heavy atom. The Hall–Kier alpha value is -1.63. The Morgan fingerprint density at radius 3 is 2.52 bits per heavy atom. The van der Waals surface area contributed by atoms with Crippen molar-refractivity contribution in [2.45, 2.75) is 36.7 Å². The summed E-state index contributed by atoms with van der Waals surface area (Å²) in [6, 6.07) is 3.60. The zero-order valence-electron chi connectivity index (χ0n) is 13.0. The van der Waals surface area contributed by atoms with Crippen LogP contribution in [0.4, 0.5) is 4.39 Å². The first kappa shape index (κ1) is 16.2. The normalized spacial score (nSPS) is 21.0. The smallest absolute Gasteiger partial charge is 0.209 e. The fraction of sp³-hybridized carbons (Fsp3) is 0.562. The van der Waals surface area contributed by atoms with Gasteiger partial charge in [0.2, 0.25) is 6.41 Å². The molecule has 0 bridgehead atoms. The summed E-state index contributed by atoms with van der Waals surface area (Å²) in [6.07, 6.45) is 5.39. The fourth-order valence-electron chi connectivity index (χ4n) is 3.58. The quantitative estimate of drug-likeness (QED) is 0.786. The van der Waals surface area contributed by atoms with E-state index in [1.165, 1.54) is 12.1 Å². The molecule has 1 amide bonds. The molecule has 1 saturated heterocycles.